The van der Waals surface area contributed by atoms with Crippen LogP contribution in [0.15, 0.2) is 12.7 Å². The van der Waals surface area contributed by atoms with Crippen molar-refractivity contribution < 1.29 is 22.5 Å². The first kappa shape index (κ1) is 11.3. The largest absolute Gasteiger partial charge is 0.600 e. The van der Waals surface area contributed by atoms with Crippen LogP contribution in [0, 0.1) is 0 Å². The summed E-state index contributed by atoms with van der Waals surface area (Å²) in [6.45, 7) is 3.16. The number of carbonyl (C=O) groups excluding carboxylic acids is 1. The minimum absolute atomic E-state index is 0.747. The van der Waals surface area contributed by atoms with Crippen LogP contribution < -0.4 is 0 Å². The monoisotopic (exact) mass is 194 g/mol. The van der Waals surface area contributed by atoms with E-state index in [1.807, 2.05) is 0 Å². The number of halogens is 1. The summed E-state index contributed by atoms with van der Waals surface area (Å²) >= 11 is 0. The Bertz CT molecular complexity index is 161. The summed E-state index contributed by atoms with van der Waals surface area (Å²) in [5.41, 5.74) is 0. The molecule has 0 aromatic heterocycles. The van der Waals surface area contributed by atoms with E-state index in [-0.39, 0.29) is 0 Å². The maximum Gasteiger partial charge on any atom is 0.600 e. The first-order valence-electron chi connectivity index (χ1n) is 3.15. The second kappa shape index (κ2) is 5.02. The van der Waals surface area contributed by atoms with Crippen LogP contribution in [-0.4, -0.2) is 35.3 Å². The molecule has 0 bridgehead atoms. The Kier molecular flexibility index (Phi) is 4.71. The molecule has 70 valence electrons. The number of rotatable bonds is 5. The Labute approximate surface area is 71.3 Å². The fourth-order valence-corrected chi connectivity index (χ4v) is 1.49. The normalized spacial score (nSPS) is 10.9. The van der Waals surface area contributed by atoms with Gasteiger partial charge < -0.3 is 13.3 Å². The van der Waals surface area contributed by atoms with Gasteiger partial charge in [-0.25, -0.2) is 9.18 Å². The third-order valence-electron chi connectivity index (χ3n) is 1.21. The molecule has 4 nitrogen and oxygen atoms in total. The molecular weight excluding hydrogens is 183 g/mol. The Morgan fingerprint density at radius 2 is 2.08 bits per heavy atom. The lowest BCUT2D eigenvalue weighted by Crippen LogP contribution is -2.48. The molecule has 0 N–H and O–H groups in total. The highest BCUT2D eigenvalue weighted by molar-refractivity contribution is 6.62. The highest BCUT2D eigenvalue weighted by Gasteiger charge is 2.43. The van der Waals surface area contributed by atoms with Crippen LogP contribution in [-0.2, 0) is 18.1 Å². The van der Waals surface area contributed by atoms with Crippen LogP contribution in [0.2, 0.25) is 0 Å². The average molecular weight is 194 g/mol. The molecule has 0 heterocycles. The smallest absolute Gasteiger partial charge is 0.469 e. The number of hydrogen-bond donors (Lipinski definition) is 0. The summed E-state index contributed by atoms with van der Waals surface area (Å²) < 4.78 is 26.2. The van der Waals surface area contributed by atoms with Crippen LogP contribution in [0.5, 0.6) is 0 Å². The van der Waals surface area contributed by atoms with Gasteiger partial charge in [-0.3, -0.25) is 0 Å². The van der Waals surface area contributed by atoms with E-state index in [1.165, 1.54) is 14.2 Å². The zero-order valence-electron chi connectivity index (χ0n) is 7.00. The summed E-state index contributed by atoms with van der Waals surface area (Å²) in [5.74, 6) is -0.747. The zero-order valence-corrected chi connectivity index (χ0v) is 8.00. The van der Waals surface area contributed by atoms with E-state index in [2.05, 4.69) is 19.9 Å². The van der Waals surface area contributed by atoms with E-state index in [9.17, 15) is 9.18 Å². The molecule has 0 aromatic rings. The maximum absolute atomic E-state index is 12.3. The minimum atomic E-state index is -3.39. The van der Waals surface area contributed by atoms with Crippen molar-refractivity contribution in [1.29, 1.82) is 0 Å². The van der Waals surface area contributed by atoms with Crippen LogP contribution in [0.4, 0.5) is 4.39 Å². The molecular formula is C6H11FO4Si. The summed E-state index contributed by atoms with van der Waals surface area (Å²) in [7, 11) is -0.933. The van der Waals surface area contributed by atoms with E-state index in [0.29, 0.717) is 0 Å². The molecule has 0 saturated carbocycles. The van der Waals surface area contributed by atoms with Gasteiger partial charge in [-0.1, -0.05) is 6.58 Å². The van der Waals surface area contributed by atoms with E-state index in [1.54, 1.807) is 0 Å². The van der Waals surface area contributed by atoms with Gasteiger partial charge in [-0.15, -0.1) is 0 Å². The molecule has 0 aliphatic heterocycles. The van der Waals surface area contributed by atoms with Gasteiger partial charge in [0.2, 0.25) is 0 Å². The minimum Gasteiger partial charge on any atom is -0.469 e. The van der Waals surface area contributed by atoms with Gasteiger partial charge >= 0.3 is 14.8 Å². The molecule has 0 radical (unpaired) electrons. The molecule has 0 fully saturated rings. The van der Waals surface area contributed by atoms with Crippen LogP contribution in [0.3, 0.4) is 0 Å². The molecule has 0 saturated heterocycles. The lowest BCUT2D eigenvalue weighted by Gasteiger charge is -2.21. The van der Waals surface area contributed by atoms with Gasteiger partial charge in [0.05, 0.1) is 0 Å². The number of alkyl halides is 1. The third kappa shape index (κ3) is 2.72. The van der Waals surface area contributed by atoms with Crippen molar-refractivity contribution in [3.63, 3.8) is 0 Å². The van der Waals surface area contributed by atoms with Crippen molar-refractivity contribution in [2.45, 2.75) is 0 Å². The quantitative estimate of drug-likeness (QED) is 0.471. The third-order valence-corrected chi connectivity index (χ3v) is 3.29. The van der Waals surface area contributed by atoms with Crippen molar-refractivity contribution >= 4 is 14.8 Å². The molecule has 0 aliphatic rings. The lowest BCUT2D eigenvalue weighted by atomic mass is 10.7. The van der Waals surface area contributed by atoms with E-state index >= 15 is 0 Å². The zero-order chi connectivity index (χ0) is 9.61. The second-order valence-electron chi connectivity index (χ2n) is 1.85. The standard InChI is InChI=1S/C6H11FO4Si/c1-4-6(8)11-12(5-7,9-2)10-3/h4H,1,5H2,2-3H3. The van der Waals surface area contributed by atoms with E-state index in [4.69, 9.17) is 0 Å². The van der Waals surface area contributed by atoms with Crippen molar-refractivity contribution in [2.24, 2.45) is 0 Å². The topological polar surface area (TPSA) is 44.8 Å². The van der Waals surface area contributed by atoms with Gasteiger partial charge in [-0.05, 0) is 0 Å². The second-order valence-corrected chi connectivity index (χ2v) is 4.50. The molecule has 0 rings (SSSR count). The maximum atomic E-state index is 12.3. The summed E-state index contributed by atoms with van der Waals surface area (Å²) in [5, 5.41) is 0. The van der Waals surface area contributed by atoms with Gasteiger partial charge in [-0.2, -0.15) is 0 Å². The first-order valence-corrected chi connectivity index (χ1v) is 5.09. The van der Waals surface area contributed by atoms with Crippen LogP contribution >= 0.6 is 0 Å². The van der Waals surface area contributed by atoms with Crippen molar-refractivity contribution in [1.82, 2.24) is 0 Å². The molecule has 0 atom stereocenters. The summed E-state index contributed by atoms with van der Waals surface area (Å²) in [4.78, 5) is 10.7. The van der Waals surface area contributed by atoms with E-state index < -0.39 is 21.1 Å². The van der Waals surface area contributed by atoms with Gasteiger partial charge in [0.15, 0.2) is 6.30 Å². The predicted octanol–water partition coefficient (Wildman–Crippen LogP) is 0.456. The van der Waals surface area contributed by atoms with Gasteiger partial charge in [0, 0.05) is 20.3 Å². The Balaban J connectivity index is 4.29. The molecule has 0 spiro atoms. The predicted molar refractivity (Wildman–Crippen MR) is 42.0 cm³/mol. The number of hydrogen-bond acceptors (Lipinski definition) is 4. The average Bonchev–Trinajstić information content (AvgIpc) is 2.14. The SMILES string of the molecule is C=CC(=O)O[Si](CF)(OC)OC. The molecule has 0 aliphatic carbocycles. The number of carbonyl (C=O) groups is 1. The first-order chi connectivity index (χ1) is 5.64. The fourth-order valence-electron chi connectivity index (χ4n) is 0.498. The van der Waals surface area contributed by atoms with Crippen molar-refractivity contribution in [3.8, 4) is 0 Å². The van der Waals surface area contributed by atoms with E-state index in [0.717, 1.165) is 6.08 Å². The fraction of sp³-hybridized carbons (Fsp3) is 0.500. The highest BCUT2D eigenvalue weighted by atomic mass is 28.4. The van der Waals surface area contributed by atoms with Gasteiger partial charge in [0.25, 0.3) is 0 Å². The lowest BCUT2D eigenvalue weighted by molar-refractivity contribution is -0.133. The van der Waals surface area contributed by atoms with Gasteiger partial charge in [0.1, 0.15) is 0 Å². The molecule has 6 heteroatoms. The highest BCUT2D eigenvalue weighted by Crippen LogP contribution is 2.08. The molecule has 12 heavy (non-hydrogen) atoms. The van der Waals surface area contributed by atoms with Crippen molar-refractivity contribution in [3.05, 3.63) is 12.7 Å². The Morgan fingerprint density at radius 1 is 1.58 bits per heavy atom. The Morgan fingerprint density at radius 3 is 2.33 bits per heavy atom. The van der Waals surface area contributed by atoms with Crippen LogP contribution in [0.25, 0.3) is 0 Å². The Hall–Kier alpha value is -0.723. The van der Waals surface area contributed by atoms with Crippen molar-refractivity contribution in [2.75, 3.05) is 20.5 Å². The molecule has 0 amide bonds. The molecule has 0 aromatic carbocycles. The summed E-state index contributed by atoms with van der Waals surface area (Å²) in [6, 6.07) is 0. The molecule has 0 unspecified atom stereocenters. The summed E-state index contributed by atoms with van der Waals surface area (Å²) in [6.07, 6.45) is -0.0188. The van der Waals surface area contributed by atoms with Crippen LogP contribution in [0.1, 0.15) is 0 Å².